The molecule has 0 atom stereocenters. The molecule has 0 bridgehead atoms. The molecule has 0 spiro atoms. The number of fused-ring (bicyclic) bond motifs is 1. The third-order valence-electron chi connectivity index (χ3n) is 3.96. The molecule has 0 aliphatic heterocycles. The largest absolute Gasteiger partial charge is 0.324 e. The van der Waals surface area contributed by atoms with Crippen LogP contribution in [0.4, 0.5) is 0 Å². The van der Waals surface area contributed by atoms with E-state index in [1.165, 1.54) is 33.4 Å². The lowest BCUT2D eigenvalue weighted by Gasteiger charge is -2.11. The first-order valence-electron chi connectivity index (χ1n) is 8.43. The van der Waals surface area contributed by atoms with E-state index in [1.54, 1.807) is 19.1 Å². The van der Waals surface area contributed by atoms with Crippen molar-refractivity contribution in [3.05, 3.63) is 79.7 Å². The molecule has 0 aliphatic rings. The number of benzene rings is 1. The summed E-state index contributed by atoms with van der Waals surface area (Å²) in [6.07, 6.45) is 3.98. The van der Waals surface area contributed by atoms with Gasteiger partial charge in [-0.2, -0.15) is 5.10 Å². The van der Waals surface area contributed by atoms with Gasteiger partial charge in [-0.15, -0.1) is 15.6 Å². The van der Waals surface area contributed by atoms with Gasteiger partial charge in [0.2, 0.25) is 0 Å². The molecular formula is C19H13ClN6O2S. The Balaban J connectivity index is 1.86. The van der Waals surface area contributed by atoms with Crippen molar-refractivity contribution in [1.82, 2.24) is 29.4 Å². The Bertz CT molecular complexity index is 1360. The molecule has 0 aliphatic carbocycles. The van der Waals surface area contributed by atoms with Crippen LogP contribution in [0.15, 0.2) is 57.6 Å². The van der Waals surface area contributed by atoms with Gasteiger partial charge in [0, 0.05) is 17.0 Å². The molecule has 0 amide bonds. The van der Waals surface area contributed by atoms with E-state index in [2.05, 4.69) is 32.0 Å². The molecule has 0 radical (unpaired) electrons. The van der Waals surface area contributed by atoms with Crippen molar-refractivity contribution >= 4 is 28.9 Å². The highest BCUT2D eigenvalue weighted by atomic mass is 35.5. The lowest BCUT2D eigenvalue weighted by atomic mass is 10.2. The predicted octanol–water partition coefficient (Wildman–Crippen LogP) is 2.28. The number of H-pyrrole nitrogens is 1. The van der Waals surface area contributed by atoms with Crippen LogP contribution in [-0.2, 0) is 5.75 Å². The molecule has 3 aromatic heterocycles. The van der Waals surface area contributed by atoms with E-state index in [1.807, 2.05) is 12.1 Å². The first-order chi connectivity index (χ1) is 14.1. The van der Waals surface area contributed by atoms with Crippen molar-refractivity contribution in [2.75, 3.05) is 0 Å². The van der Waals surface area contributed by atoms with Crippen molar-refractivity contribution in [2.45, 2.75) is 17.8 Å². The molecule has 144 valence electrons. The van der Waals surface area contributed by atoms with E-state index in [-0.39, 0.29) is 22.5 Å². The molecule has 4 rings (SSSR count). The third-order valence-corrected chi connectivity index (χ3v) is 5.21. The second-order valence-corrected chi connectivity index (χ2v) is 7.26. The van der Waals surface area contributed by atoms with E-state index in [4.69, 9.17) is 11.6 Å². The molecule has 0 unspecified atom stereocenters. The number of rotatable bonds is 4. The summed E-state index contributed by atoms with van der Waals surface area (Å²) in [4.78, 5) is 31.3. The van der Waals surface area contributed by atoms with Gasteiger partial charge in [-0.05, 0) is 24.6 Å². The minimum Gasteiger partial charge on any atom is -0.324 e. The number of aromatic nitrogens is 6. The number of nitrogens with one attached hydrogen (secondary N) is 1. The van der Waals surface area contributed by atoms with Gasteiger partial charge in [-0.25, -0.2) is 9.55 Å². The summed E-state index contributed by atoms with van der Waals surface area (Å²) < 4.78 is 2.61. The highest BCUT2D eigenvalue weighted by Gasteiger charge is 2.18. The molecule has 0 saturated carbocycles. The van der Waals surface area contributed by atoms with Gasteiger partial charge in [-0.1, -0.05) is 41.4 Å². The van der Waals surface area contributed by atoms with Gasteiger partial charge < -0.3 is 4.98 Å². The maximum Gasteiger partial charge on any atom is 0.287 e. The number of aromatic amines is 1. The summed E-state index contributed by atoms with van der Waals surface area (Å²) in [5.41, 5.74) is 0.967. The first-order valence-corrected chi connectivity index (χ1v) is 9.79. The zero-order valence-electron chi connectivity index (χ0n) is 15.1. The lowest BCUT2D eigenvalue weighted by Crippen LogP contribution is -2.26. The summed E-state index contributed by atoms with van der Waals surface area (Å²) in [6, 6.07) is 7.40. The first kappa shape index (κ1) is 19.0. The van der Waals surface area contributed by atoms with Crippen LogP contribution in [-0.4, -0.2) is 29.4 Å². The van der Waals surface area contributed by atoms with Crippen LogP contribution in [0.5, 0.6) is 0 Å². The lowest BCUT2D eigenvalue weighted by molar-refractivity contribution is 0.651. The Morgan fingerprint density at radius 2 is 2.00 bits per heavy atom. The van der Waals surface area contributed by atoms with Crippen molar-refractivity contribution in [2.24, 2.45) is 0 Å². The van der Waals surface area contributed by atoms with Crippen LogP contribution in [0.1, 0.15) is 18.1 Å². The Morgan fingerprint density at radius 1 is 1.21 bits per heavy atom. The van der Waals surface area contributed by atoms with E-state index >= 15 is 0 Å². The van der Waals surface area contributed by atoms with Crippen molar-refractivity contribution < 1.29 is 0 Å². The smallest absolute Gasteiger partial charge is 0.287 e. The number of nitrogens with zero attached hydrogens (tertiary/aromatic N) is 5. The minimum atomic E-state index is -0.381. The van der Waals surface area contributed by atoms with Crippen LogP contribution in [0.3, 0.4) is 0 Å². The molecule has 1 N–H and O–H groups in total. The zero-order chi connectivity index (χ0) is 20.4. The Morgan fingerprint density at radius 3 is 2.69 bits per heavy atom. The molecular weight excluding hydrogens is 412 g/mol. The predicted molar refractivity (Wildman–Crippen MR) is 111 cm³/mol. The van der Waals surface area contributed by atoms with Crippen LogP contribution < -0.4 is 11.1 Å². The Kier molecular flexibility index (Phi) is 5.20. The number of hydrogen-bond donors (Lipinski definition) is 1. The van der Waals surface area contributed by atoms with Gasteiger partial charge in [-0.3, -0.25) is 9.59 Å². The Hall–Kier alpha value is -3.35. The molecule has 1 aromatic carbocycles. The number of halogens is 1. The zero-order valence-corrected chi connectivity index (χ0v) is 16.7. The van der Waals surface area contributed by atoms with Crippen molar-refractivity contribution in [3.8, 4) is 17.7 Å². The van der Waals surface area contributed by atoms with Gasteiger partial charge in [0.25, 0.3) is 11.1 Å². The van der Waals surface area contributed by atoms with Gasteiger partial charge >= 0.3 is 0 Å². The normalized spacial score (nSPS) is 10.7. The highest BCUT2D eigenvalue weighted by molar-refractivity contribution is 7.98. The summed E-state index contributed by atoms with van der Waals surface area (Å²) in [5, 5.41) is 9.65. The van der Waals surface area contributed by atoms with E-state index in [0.29, 0.717) is 21.5 Å². The van der Waals surface area contributed by atoms with E-state index in [0.717, 1.165) is 11.8 Å². The summed E-state index contributed by atoms with van der Waals surface area (Å²) in [5.74, 6) is 6.41. The second kappa shape index (κ2) is 7.95. The van der Waals surface area contributed by atoms with Crippen molar-refractivity contribution in [1.29, 1.82) is 0 Å². The molecule has 4 aromatic rings. The summed E-state index contributed by atoms with van der Waals surface area (Å²) >= 11 is 7.27. The molecule has 10 heteroatoms. The van der Waals surface area contributed by atoms with E-state index in [9.17, 15) is 9.59 Å². The van der Waals surface area contributed by atoms with Crippen LogP contribution in [0, 0.1) is 11.8 Å². The minimum absolute atomic E-state index is 0.239. The monoisotopic (exact) mass is 424 g/mol. The van der Waals surface area contributed by atoms with Crippen LogP contribution in [0.25, 0.3) is 11.3 Å². The fourth-order valence-electron chi connectivity index (χ4n) is 2.64. The van der Waals surface area contributed by atoms with Crippen LogP contribution in [0.2, 0.25) is 5.02 Å². The SMILES string of the molecule is CC#Cc1cnn2nc(SCc3ccc(Cl)cc3)n(-c3c[nH]c(=O)cn3)c(=O)c12. The Labute approximate surface area is 173 Å². The standard InChI is InChI=1S/C19H13ClN6O2S/c1-2-3-13-8-23-26-17(13)18(28)25(15-9-22-16(27)10-21-15)19(24-26)29-11-12-4-6-14(20)7-5-12/h4-10H,11H2,1H3,(H,22,27). The fourth-order valence-corrected chi connectivity index (χ4v) is 3.70. The fraction of sp³-hybridized carbons (Fsp3) is 0.105. The summed E-state index contributed by atoms with van der Waals surface area (Å²) in [7, 11) is 0. The summed E-state index contributed by atoms with van der Waals surface area (Å²) in [6.45, 7) is 1.68. The molecule has 0 saturated heterocycles. The number of thioether (sulfide) groups is 1. The molecule has 0 fully saturated rings. The van der Waals surface area contributed by atoms with Gasteiger partial charge in [0.15, 0.2) is 16.5 Å². The molecule has 3 heterocycles. The highest BCUT2D eigenvalue weighted by Crippen LogP contribution is 2.23. The molecule has 8 nitrogen and oxygen atoms in total. The maximum absolute atomic E-state index is 13.3. The second-order valence-electron chi connectivity index (χ2n) is 5.88. The van der Waals surface area contributed by atoms with Crippen LogP contribution >= 0.6 is 23.4 Å². The number of hydrogen-bond acceptors (Lipinski definition) is 6. The average molecular weight is 425 g/mol. The van der Waals surface area contributed by atoms with Crippen molar-refractivity contribution in [3.63, 3.8) is 0 Å². The van der Waals surface area contributed by atoms with Gasteiger partial charge in [0.05, 0.1) is 18.0 Å². The van der Waals surface area contributed by atoms with E-state index < -0.39 is 0 Å². The quantitative estimate of drug-likeness (QED) is 0.398. The topological polar surface area (TPSA) is 97.9 Å². The third kappa shape index (κ3) is 3.81. The molecule has 29 heavy (non-hydrogen) atoms. The van der Waals surface area contributed by atoms with Gasteiger partial charge in [0.1, 0.15) is 0 Å². The average Bonchev–Trinajstić information content (AvgIpc) is 3.12. The maximum atomic E-state index is 13.3.